The van der Waals surface area contributed by atoms with Crippen LogP contribution in [-0.2, 0) is 11.8 Å². The summed E-state index contributed by atoms with van der Waals surface area (Å²) in [6.07, 6.45) is 3.69. The number of rotatable bonds is 3. The Morgan fingerprint density at radius 1 is 1.50 bits per heavy atom. The van der Waals surface area contributed by atoms with E-state index in [1.807, 2.05) is 20.0 Å². The van der Waals surface area contributed by atoms with E-state index in [0.717, 1.165) is 23.8 Å². The number of aryl methyl sites for hydroxylation is 1. The van der Waals surface area contributed by atoms with Crippen molar-refractivity contribution in [1.82, 2.24) is 4.57 Å². The summed E-state index contributed by atoms with van der Waals surface area (Å²) in [7, 11) is 2.04. The second-order valence-corrected chi connectivity index (χ2v) is 3.58. The number of aromatic nitrogens is 1. The minimum absolute atomic E-state index is 0.789. The van der Waals surface area contributed by atoms with Gasteiger partial charge in [0.2, 0.25) is 0 Å². The van der Waals surface area contributed by atoms with Crippen LogP contribution in [0.3, 0.4) is 0 Å². The van der Waals surface area contributed by atoms with Gasteiger partial charge in [-0.3, -0.25) is 4.79 Å². The zero-order valence-electron chi connectivity index (χ0n) is 9.29. The summed E-state index contributed by atoms with van der Waals surface area (Å²) in [5.74, 6) is 0. The van der Waals surface area contributed by atoms with Gasteiger partial charge in [-0.2, -0.15) is 0 Å². The van der Waals surface area contributed by atoms with Crippen LogP contribution in [0.4, 0.5) is 0 Å². The van der Waals surface area contributed by atoms with E-state index in [9.17, 15) is 4.79 Å². The van der Waals surface area contributed by atoms with Crippen molar-refractivity contribution in [2.24, 2.45) is 7.05 Å². The lowest BCUT2D eigenvalue weighted by atomic mass is 10.1. The van der Waals surface area contributed by atoms with Gasteiger partial charge in [-0.1, -0.05) is 6.92 Å². The van der Waals surface area contributed by atoms with Gasteiger partial charge in [0.25, 0.3) is 0 Å². The van der Waals surface area contributed by atoms with Gasteiger partial charge in [0.05, 0.1) is 0 Å². The molecule has 1 aromatic heterocycles. The zero-order valence-corrected chi connectivity index (χ0v) is 9.29. The number of hydrogen-bond donors (Lipinski definition) is 0. The standard InChI is InChI=1S/C12H17NO/c1-5-11(8-14)7-12-6-9(2)13(4)10(12)3/h6-8H,5H2,1-4H3. The summed E-state index contributed by atoms with van der Waals surface area (Å²) >= 11 is 0. The van der Waals surface area contributed by atoms with Gasteiger partial charge >= 0.3 is 0 Å². The van der Waals surface area contributed by atoms with Crippen molar-refractivity contribution in [2.45, 2.75) is 27.2 Å². The van der Waals surface area contributed by atoms with Gasteiger partial charge in [-0.25, -0.2) is 0 Å². The van der Waals surface area contributed by atoms with Crippen LogP contribution >= 0.6 is 0 Å². The Bertz CT molecular complexity index is 372. The molecule has 0 bridgehead atoms. The molecule has 2 heteroatoms. The number of allylic oxidation sites excluding steroid dienone is 1. The molecule has 0 aromatic carbocycles. The Hall–Kier alpha value is -1.31. The molecular weight excluding hydrogens is 174 g/mol. The quantitative estimate of drug-likeness (QED) is 0.531. The van der Waals surface area contributed by atoms with Crippen LogP contribution in [-0.4, -0.2) is 10.9 Å². The summed E-state index contributed by atoms with van der Waals surface area (Å²) < 4.78 is 2.13. The topological polar surface area (TPSA) is 22.0 Å². The Balaban J connectivity index is 3.14. The highest BCUT2D eigenvalue weighted by Gasteiger charge is 2.03. The molecule has 0 saturated heterocycles. The van der Waals surface area contributed by atoms with Gasteiger partial charge in [0, 0.05) is 18.4 Å². The van der Waals surface area contributed by atoms with Crippen molar-refractivity contribution in [3.8, 4) is 0 Å². The third-order valence-corrected chi connectivity index (χ3v) is 2.71. The molecule has 1 aromatic rings. The number of nitrogens with zero attached hydrogens (tertiary/aromatic N) is 1. The molecule has 0 aliphatic heterocycles. The first-order valence-electron chi connectivity index (χ1n) is 4.88. The summed E-state index contributed by atoms with van der Waals surface area (Å²) in [6, 6.07) is 2.11. The first kappa shape index (κ1) is 10.8. The highest BCUT2D eigenvalue weighted by atomic mass is 16.1. The van der Waals surface area contributed by atoms with Crippen LogP contribution in [0.5, 0.6) is 0 Å². The minimum Gasteiger partial charge on any atom is -0.352 e. The smallest absolute Gasteiger partial charge is 0.146 e. The average Bonchev–Trinajstić information content (AvgIpc) is 2.42. The van der Waals surface area contributed by atoms with Crippen LogP contribution < -0.4 is 0 Å². The van der Waals surface area contributed by atoms with Gasteiger partial charge in [0.1, 0.15) is 6.29 Å². The maximum absolute atomic E-state index is 10.7. The fourth-order valence-corrected chi connectivity index (χ4v) is 1.45. The molecule has 0 aliphatic rings. The van der Waals surface area contributed by atoms with Crippen molar-refractivity contribution in [3.63, 3.8) is 0 Å². The lowest BCUT2D eigenvalue weighted by Crippen LogP contribution is -1.93. The Kier molecular flexibility index (Phi) is 3.28. The van der Waals surface area contributed by atoms with E-state index >= 15 is 0 Å². The fraction of sp³-hybridized carbons (Fsp3) is 0.417. The first-order valence-corrected chi connectivity index (χ1v) is 4.88. The average molecular weight is 191 g/mol. The molecule has 2 nitrogen and oxygen atoms in total. The zero-order chi connectivity index (χ0) is 10.7. The van der Waals surface area contributed by atoms with Gasteiger partial charge < -0.3 is 4.57 Å². The molecule has 1 rings (SSSR count). The van der Waals surface area contributed by atoms with Gasteiger partial charge in [-0.15, -0.1) is 0 Å². The molecule has 0 N–H and O–H groups in total. The summed E-state index contributed by atoms with van der Waals surface area (Å²) in [6.45, 7) is 6.12. The van der Waals surface area contributed by atoms with E-state index in [0.29, 0.717) is 0 Å². The first-order chi connectivity index (χ1) is 6.60. The van der Waals surface area contributed by atoms with E-state index in [2.05, 4.69) is 24.5 Å². The molecule has 14 heavy (non-hydrogen) atoms. The third kappa shape index (κ3) is 1.95. The molecule has 76 valence electrons. The largest absolute Gasteiger partial charge is 0.352 e. The maximum atomic E-state index is 10.7. The van der Waals surface area contributed by atoms with E-state index in [1.165, 1.54) is 11.4 Å². The molecular formula is C12H17NO. The molecule has 0 fully saturated rings. The highest BCUT2D eigenvalue weighted by molar-refractivity contribution is 5.82. The predicted octanol–water partition coefficient (Wildman–Crippen LogP) is 2.63. The van der Waals surface area contributed by atoms with Gasteiger partial charge in [0.15, 0.2) is 0 Å². The molecule has 0 saturated carbocycles. The molecule has 1 heterocycles. The third-order valence-electron chi connectivity index (χ3n) is 2.71. The minimum atomic E-state index is 0.789. The monoisotopic (exact) mass is 191 g/mol. The van der Waals surface area contributed by atoms with Crippen molar-refractivity contribution < 1.29 is 4.79 Å². The Morgan fingerprint density at radius 3 is 2.50 bits per heavy atom. The Morgan fingerprint density at radius 2 is 2.14 bits per heavy atom. The van der Waals surface area contributed by atoms with Crippen LogP contribution in [0.25, 0.3) is 6.08 Å². The lowest BCUT2D eigenvalue weighted by Gasteiger charge is -1.99. The number of hydrogen-bond acceptors (Lipinski definition) is 1. The molecule has 0 atom stereocenters. The maximum Gasteiger partial charge on any atom is 0.146 e. The second-order valence-electron chi connectivity index (χ2n) is 3.58. The van der Waals surface area contributed by atoms with Crippen LogP contribution in [0.1, 0.15) is 30.3 Å². The van der Waals surface area contributed by atoms with Gasteiger partial charge in [-0.05, 0) is 43.5 Å². The highest BCUT2D eigenvalue weighted by Crippen LogP contribution is 2.16. The molecule has 0 aliphatic carbocycles. The molecule has 0 spiro atoms. The van der Waals surface area contributed by atoms with Crippen LogP contribution in [0.2, 0.25) is 0 Å². The van der Waals surface area contributed by atoms with E-state index < -0.39 is 0 Å². The van der Waals surface area contributed by atoms with Crippen molar-refractivity contribution in [2.75, 3.05) is 0 Å². The fourth-order valence-electron chi connectivity index (χ4n) is 1.45. The number of carbonyl (C=O) groups is 1. The van der Waals surface area contributed by atoms with E-state index in [-0.39, 0.29) is 0 Å². The normalized spacial score (nSPS) is 11.9. The molecule has 0 amide bonds. The summed E-state index contributed by atoms with van der Waals surface area (Å²) in [5.41, 5.74) is 4.41. The van der Waals surface area contributed by atoms with Crippen LogP contribution in [0, 0.1) is 13.8 Å². The number of aldehydes is 1. The van der Waals surface area contributed by atoms with Crippen molar-refractivity contribution in [3.05, 3.63) is 28.6 Å². The van der Waals surface area contributed by atoms with Crippen LogP contribution in [0.15, 0.2) is 11.6 Å². The Labute approximate surface area is 85.2 Å². The molecule has 0 unspecified atom stereocenters. The SMILES string of the molecule is CCC(C=O)=Cc1cc(C)n(C)c1C. The van der Waals surface area contributed by atoms with Crippen molar-refractivity contribution >= 4 is 12.4 Å². The summed E-state index contributed by atoms with van der Waals surface area (Å²) in [5, 5.41) is 0. The van der Waals surface area contributed by atoms with Crippen molar-refractivity contribution in [1.29, 1.82) is 0 Å². The van der Waals surface area contributed by atoms with E-state index in [4.69, 9.17) is 0 Å². The van der Waals surface area contributed by atoms with E-state index in [1.54, 1.807) is 0 Å². The number of carbonyl (C=O) groups excluding carboxylic acids is 1. The predicted molar refractivity (Wildman–Crippen MR) is 59.2 cm³/mol. The molecule has 0 radical (unpaired) electrons. The lowest BCUT2D eigenvalue weighted by molar-refractivity contribution is -0.104. The summed E-state index contributed by atoms with van der Waals surface area (Å²) in [4.78, 5) is 10.7. The second kappa shape index (κ2) is 4.27.